The van der Waals surface area contributed by atoms with Gasteiger partial charge in [-0.05, 0) is 44.7 Å². The monoisotopic (exact) mass is 357 g/mol. The summed E-state index contributed by atoms with van der Waals surface area (Å²) in [6, 6.07) is 11.8. The van der Waals surface area contributed by atoms with Gasteiger partial charge in [0.25, 0.3) is 5.91 Å². The highest BCUT2D eigenvalue weighted by Crippen LogP contribution is 2.33. The molecule has 0 fully saturated rings. The van der Waals surface area contributed by atoms with Crippen LogP contribution in [-0.2, 0) is 9.53 Å². The summed E-state index contributed by atoms with van der Waals surface area (Å²) in [5, 5.41) is 5.05. The highest BCUT2D eigenvalue weighted by Gasteiger charge is 2.35. The SMILES string of the molecule is CCCOc1ccc(NC(=O)[C@@](C)(CC(C)C)OCC)c2ccccc12. The van der Waals surface area contributed by atoms with E-state index in [0.29, 0.717) is 25.6 Å². The summed E-state index contributed by atoms with van der Waals surface area (Å²) in [6.07, 6.45) is 1.62. The Morgan fingerprint density at radius 3 is 2.42 bits per heavy atom. The molecule has 0 spiro atoms. The number of hydrogen-bond acceptors (Lipinski definition) is 3. The molecule has 0 heterocycles. The first-order valence-electron chi connectivity index (χ1n) is 9.51. The van der Waals surface area contributed by atoms with Gasteiger partial charge >= 0.3 is 0 Å². The average Bonchev–Trinajstić information content (AvgIpc) is 2.60. The van der Waals surface area contributed by atoms with Crippen LogP contribution in [0, 0.1) is 5.92 Å². The van der Waals surface area contributed by atoms with Crippen molar-refractivity contribution in [3.05, 3.63) is 36.4 Å². The number of fused-ring (bicyclic) bond motifs is 1. The third-order valence-electron chi connectivity index (χ3n) is 4.33. The summed E-state index contributed by atoms with van der Waals surface area (Å²) in [6.45, 7) is 11.2. The van der Waals surface area contributed by atoms with Crippen LogP contribution in [0.3, 0.4) is 0 Å². The van der Waals surface area contributed by atoms with Crippen molar-refractivity contribution >= 4 is 22.4 Å². The molecule has 2 aromatic rings. The zero-order valence-corrected chi connectivity index (χ0v) is 16.6. The van der Waals surface area contributed by atoms with Crippen molar-refractivity contribution in [1.82, 2.24) is 0 Å². The van der Waals surface area contributed by atoms with Crippen LogP contribution in [0.2, 0.25) is 0 Å². The Morgan fingerprint density at radius 2 is 1.81 bits per heavy atom. The Labute approximate surface area is 156 Å². The van der Waals surface area contributed by atoms with Crippen LogP contribution in [0.5, 0.6) is 5.75 Å². The highest BCUT2D eigenvalue weighted by molar-refractivity contribution is 6.06. The first-order chi connectivity index (χ1) is 12.4. The van der Waals surface area contributed by atoms with Crippen molar-refractivity contribution in [3.63, 3.8) is 0 Å². The molecule has 0 aliphatic rings. The summed E-state index contributed by atoms with van der Waals surface area (Å²) in [5.41, 5.74) is -0.0642. The Bertz CT molecular complexity index is 741. The van der Waals surface area contributed by atoms with Gasteiger partial charge in [-0.1, -0.05) is 45.0 Å². The maximum absolute atomic E-state index is 13.0. The predicted octanol–water partition coefficient (Wildman–Crippen LogP) is 5.41. The quantitative estimate of drug-likeness (QED) is 0.653. The number of rotatable bonds is 9. The van der Waals surface area contributed by atoms with Gasteiger partial charge in [0.2, 0.25) is 0 Å². The van der Waals surface area contributed by atoms with Gasteiger partial charge < -0.3 is 14.8 Å². The number of anilines is 1. The largest absolute Gasteiger partial charge is 0.493 e. The lowest BCUT2D eigenvalue weighted by Crippen LogP contribution is -2.44. The van der Waals surface area contributed by atoms with E-state index in [1.54, 1.807) is 0 Å². The molecule has 4 heteroatoms. The molecular weight excluding hydrogens is 326 g/mol. The van der Waals surface area contributed by atoms with E-state index in [0.717, 1.165) is 28.6 Å². The van der Waals surface area contributed by atoms with Gasteiger partial charge in [-0.15, -0.1) is 0 Å². The van der Waals surface area contributed by atoms with E-state index in [1.165, 1.54) is 0 Å². The van der Waals surface area contributed by atoms with Gasteiger partial charge in [0.15, 0.2) is 0 Å². The third kappa shape index (κ3) is 4.76. The van der Waals surface area contributed by atoms with Gasteiger partial charge in [-0.3, -0.25) is 4.79 Å². The normalized spacial score (nSPS) is 13.6. The number of nitrogens with one attached hydrogen (secondary N) is 1. The van der Waals surface area contributed by atoms with Crippen LogP contribution in [0.25, 0.3) is 10.8 Å². The number of carbonyl (C=O) groups is 1. The number of hydrogen-bond donors (Lipinski definition) is 1. The predicted molar refractivity (Wildman–Crippen MR) is 108 cm³/mol. The molecule has 1 atom stereocenters. The molecule has 0 aliphatic heterocycles. The molecule has 0 saturated carbocycles. The minimum atomic E-state index is -0.846. The molecule has 0 bridgehead atoms. The Morgan fingerprint density at radius 1 is 1.12 bits per heavy atom. The lowest BCUT2D eigenvalue weighted by Gasteiger charge is -2.30. The van der Waals surface area contributed by atoms with Gasteiger partial charge in [0.05, 0.1) is 6.61 Å². The van der Waals surface area contributed by atoms with Crippen LogP contribution in [0.15, 0.2) is 36.4 Å². The van der Waals surface area contributed by atoms with E-state index in [2.05, 4.69) is 26.1 Å². The molecule has 4 nitrogen and oxygen atoms in total. The van der Waals surface area contributed by atoms with E-state index in [1.807, 2.05) is 50.2 Å². The standard InChI is InChI=1S/C22H31NO3/c1-6-14-25-20-13-12-19(17-10-8-9-11-18(17)20)23-21(24)22(5,26-7-2)15-16(3)4/h8-13,16H,6-7,14-15H2,1-5H3,(H,23,24)/t22-/m1/s1. The molecule has 0 unspecified atom stereocenters. The van der Waals surface area contributed by atoms with E-state index in [9.17, 15) is 4.79 Å². The molecule has 0 aromatic heterocycles. The molecular formula is C22H31NO3. The van der Waals surface area contributed by atoms with Crippen molar-refractivity contribution in [2.75, 3.05) is 18.5 Å². The fourth-order valence-corrected chi connectivity index (χ4v) is 3.29. The number of ether oxygens (including phenoxy) is 2. The average molecular weight is 357 g/mol. The van der Waals surface area contributed by atoms with Crippen molar-refractivity contribution in [1.29, 1.82) is 0 Å². The summed E-state index contributed by atoms with van der Waals surface area (Å²) >= 11 is 0. The summed E-state index contributed by atoms with van der Waals surface area (Å²) < 4.78 is 11.7. The molecule has 26 heavy (non-hydrogen) atoms. The Kier molecular flexibility index (Phi) is 7.04. The molecule has 1 N–H and O–H groups in total. The van der Waals surface area contributed by atoms with E-state index < -0.39 is 5.60 Å². The number of carbonyl (C=O) groups excluding carboxylic acids is 1. The molecule has 2 rings (SSSR count). The summed E-state index contributed by atoms with van der Waals surface area (Å²) in [5.74, 6) is 1.09. The molecule has 142 valence electrons. The first-order valence-corrected chi connectivity index (χ1v) is 9.51. The summed E-state index contributed by atoms with van der Waals surface area (Å²) in [4.78, 5) is 13.0. The second-order valence-electron chi connectivity index (χ2n) is 7.22. The number of benzene rings is 2. The maximum Gasteiger partial charge on any atom is 0.256 e. The van der Waals surface area contributed by atoms with Gasteiger partial charge in [0.1, 0.15) is 11.4 Å². The zero-order chi connectivity index (χ0) is 19.2. The molecule has 0 aliphatic carbocycles. The smallest absolute Gasteiger partial charge is 0.256 e. The van der Waals surface area contributed by atoms with Crippen LogP contribution in [0.4, 0.5) is 5.69 Å². The first kappa shape index (κ1) is 20.2. The van der Waals surface area contributed by atoms with E-state index in [-0.39, 0.29) is 5.91 Å². The molecule has 2 aromatic carbocycles. The highest BCUT2D eigenvalue weighted by atomic mass is 16.5. The fraction of sp³-hybridized carbons (Fsp3) is 0.500. The zero-order valence-electron chi connectivity index (χ0n) is 16.6. The van der Waals surface area contributed by atoms with Gasteiger partial charge in [-0.2, -0.15) is 0 Å². The minimum Gasteiger partial charge on any atom is -0.493 e. The van der Waals surface area contributed by atoms with Crippen LogP contribution < -0.4 is 10.1 Å². The van der Waals surface area contributed by atoms with Crippen LogP contribution in [0.1, 0.15) is 47.5 Å². The second kappa shape index (κ2) is 9.04. The van der Waals surface area contributed by atoms with Crippen molar-refractivity contribution in [2.45, 2.75) is 53.1 Å². The van der Waals surface area contributed by atoms with Gasteiger partial charge in [0, 0.05) is 23.1 Å². The number of amides is 1. The lowest BCUT2D eigenvalue weighted by molar-refractivity contribution is -0.140. The Balaban J connectivity index is 2.34. The second-order valence-corrected chi connectivity index (χ2v) is 7.22. The minimum absolute atomic E-state index is 0.111. The van der Waals surface area contributed by atoms with Crippen molar-refractivity contribution in [3.8, 4) is 5.75 Å². The van der Waals surface area contributed by atoms with E-state index >= 15 is 0 Å². The van der Waals surface area contributed by atoms with Crippen LogP contribution >= 0.6 is 0 Å². The molecule has 0 saturated heterocycles. The Hall–Kier alpha value is -2.07. The molecule has 0 radical (unpaired) electrons. The van der Waals surface area contributed by atoms with Crippen molar-refractivity contribution in [2.24, 2.45) is 5.92 Å². The van der Waals surface area contributed by atoms with Crippen LogP contribution in [-0.4, -0.2) is 24.7 Å². The maximum atomic E-state index is 13.0. The third-order valence-corrected chi connectivity index (χ3v) is 4.33. The summed E-state index contributed by atoms with van der Waals surface area (Å²) in [7, 11) is 0. The van der Waals surface area contributed by atoms with Crippen molar-refractivity contribution < 1.29 is 14.3 Å². The molecule has 1 amide bonds. The van der Waals surface area contributed by atoms with Gasteiger partial charge in [-0.25, -0.2) is 0 Å². The fourth-order valence-electron chi connectivity index (χ4n) is 3.29. The van der Waals surface area contributed by atoms with E-state index in [4.69, 9.17) is 9.47 Å². The topological polar surface area (TPSA) is 47.6 Å². The lowest BCUT2D eigenvalue weighted by atomic mass is 9.92.